The van der Waals surface area contributed by atoms with Crippen molar-refractivity contribution in [2.75, 3.05) is 0 Å². The molecule has 0 unspecified atom stereocenters. The number of hydrogen-bond donors (Lipinski definition) is 1. The van der Waals surface area contributed by atoms with Crippen molar-refractivity contribution in [1.29, 1.82) is 0 Å². The van der Waals surface area contributed by atoms with Gasteiger partial charge >= 0.3 is 0 Å². The number of aromatic nitrogens is 2. The lowest BCUT2D eigenvalue weighted by Crippen LogP contribution is -2.08. The first-order valence-electron chi connectivity index (χ1n) is 19.0. The van der Waals surface area contributed by atoms with Gasteiger partial charge in [-0.25, -0.2) is 0 Å². The Morgan fingerprint density at radius 2 is 0.839 bits per heavy atom. The van der Waals surface area contributed by atoms with Crippen LogP contribution in [-0.4, -0.2) is 14.8 Å². The zero-order chi connectivity index (χ0) is 37.4. The molecular formula is C52H38N4. The molecular weight excluding hydrogens is 681 g/mol. The third kappa shape index (κ3) is 5.94. The highest BCUT2D eigenvalue weighted by Gasteiger charge is 2.18. The number of benzene rings is 8. The topological polar surface area (TPSA) is 48.2 Å². The standard InChI is InChI=1S/C52H38N4/c53-47(39-29-27-38(28-30-39)37-17-5-2-6-18-37)34-48(54-35-36-15-3-1-4-16-36)40-31-41(55-49-23-11-7-19-43(49)44-20-8-12-24-50(44)55)33-42(32-40)56-51-25-13-9-21-45(51)46-22-10-14-26-52(46)56/h1-34H,35,53H2/b47-34-,54-48?. The number of nitrogens with two attached hydrogens (primary N) is 1. The molecule has 0 spiro atoms. The van der Waals surface area contributed by atoms with E-state index in [0.29, 0.717) is 12.2 Å². The van der Waals surface area contributed by atoms with E-state index in [0.717, 1.165) is 61.4 Å². The molecule has 4 heteroatoms. The SMILES string of the molecule is N/C(=C\C(=NCc1ccccc1)c1cc(-n2c3ccccc3c3ccccc32)cc(-n2c3ccccc3c3ccccc32)c1)c1ccc(-c2ccccc2)cc1. The maximum Gasteiger partial charge on any atom is 0.0672 e. The Bertz CT molecular complexity index is 2850. The van der Waals surface area contributed by atoms with Gasteiger partial charge in [-0.15, -0.1) is 0 Å². The summed E-state index contributed by atoms with van der Waals surface area (Å²) in [6.07, 6.45) is 2.04. The van der Waals surface area contributed by atoms with Crippen LogP contribution >= 0.6 is 0 Å². The summed E-state index contributed by atoms with van der Waals surface area (Å²) < 4.78 is 4.77. The second-order valence-corrected chi connectivity index (χ2v) is 14.2. The van der Waals surface area contributed by atoms with E-state index in [1.807, 2.05) is 18.2 Å². The first kappa shape index (κ1) is 33.2. The maximum absolute atomic E-state index is 7.02. The van der Waals surface area contributed by atoms with Crippen molar-refractivity contribution < 1.29 is 0 Å². The number of allylic oxidation sites excluding steroid dienone is 1. The lowest BCUT2D eigenvalue weighted by atomic mass is 10.0. The Hall–Kier alpha value is -7.43. The third-order valence-corrected chi connectivity index (χ3v) is 10.8. The Morgan fingerprint density at radius 3 is 1.32 bits per heavy atom. The highest BCUT2D eigenvalue weighted by molar-refractivity contribution is 6.14. The van der Waals surface area contributed by atoms with E-state index in [1.165, 1.54) is 27.1 Å². The molecule has 8 aromatic carbocycles. The van der Waals surface area contributed by atoms with Crippen LogP contribution in [-0.2, 0) is 6.54 Å². The van der Waals surface area contributed by atoms with Crippen molar-refractivity contribution in [3.8, 4) is 22.5 Å². The van der Waals surface area contributed by atoms with Crippen LogP contribution < -0.4 is 5.73 Å². The van der Waals surface area contributed by atoms with Crippen molar-refractivity contribution in [2.45, 2.75) is 6.54 Å². The van der Waals surface area contributed by atoms with Gasteiger partial charge in [0.2, 0.25) is 0 Å². The second-order valence-electron chi connectivity index (χ2n) is 14.2. The van der Waals surface area contributed by atoms with Crippen LogP contribution in [0.3, 0.4) is 0 Å². The van der Waals surface area contributed by atoms with Crippen LogP contribution in [0.1, 0.15) is 16.7 Å². The monoisotopic (exact) mass is 718 g/mol. The summed E-state index contributed by atoms with van der Waals surface area (Å²) in [6.45, 7) is 0.511. The third-order valence-electron chi connectivity index (χ3n) is 10.8. The lowest BCUT2D eigenvalue weighted by molar-refractivity contribution is 1.07. The van der Waals surface area contributed by atoms with Crippen molar-refractivity contribution in [1.82, 2.24) is 9.13 Å². The van der Waals surface area contributed by atoms with E-state index >= 15 is 0 Å². The predicted octanol–water partition coefficient (Wildman–Crippen LogP) is 12.5. The van der Waals surface area contributed by atoms with Crippen molar-refractivity contribution in [3.63, 3.8) is 0 Å². The minimum absolute atomic E-state index is 0.511. The average Bonchev–Trinajstić information content (AvgIpc) is 3.79. The fraction of sp³-hybridized carbons (Fsp3) is 0.0192. The largest absolute Gasteiger partial charge is 0.398 e. The predicted molar refractivity (Wildman–Crippen MR) is 236 cm³/mol. The quantitative estimate of drug-likeness (QED) is 0.156. The molecule has 0 fully saturated rings. The first-order chi connectivity index (χ1) is 27.7. The molecule has 0 saturated carbocycles. The van der Waals surface area contributed by atoms with Crippen LogP contribution in [0.2, 0.25) is 0 Å². The van der Waals surface area contributed by atoms with E-state index in [1.54, 1.807) is 0 Å². The Kier molecular flexibility index (Phi) is 8.34. The molecule has 0 aliphatic heterocycles. The van der Waals surface area contributed by atoms with E-state index in [4.69, 9.17) is 10.7 Å². The lowest BCUT2D eigenvalue weighted by Gasteiger charge is -2.16. The smallest absolute Gasteiger partial charge is 0.0672 e. The summed E-state index contributed by atoms with van der Waals surface area (Å²) >= 11 is 0. The summed E-state index contributed by atoms with van der Waals surface area (Å²) in [5.74, 6) is 0. The van der Waals surface area contributed by atoms with Crippen LogP contribution in [0, 0.1) is 0 Å². The molecule has 0 bridgehead atoms. The number of para-hydroxylation sites is 4. The molecule has 0 aliphatic carbocycles. The number of aliphatic imine (C=N–C) groups is 1. The van der Waals surface area contributed by atoms with Gasteiger partial charge in [0, 0.05) is 44.2 Å². The number of fused-ring (bicyclic) bond motifs is 6. The molecule has 2 N–H and O–H groups in total. The van der Waals surface area contributed by atoms with E-state index < -0.39 is 0 Å². The van der Waals surface area contributed by atoms with E-state index in [2.05, 4.69) is 197 Å². The number of hydrogen-bond acceptors (Lipinski definition) is 2. The van der Waals surface area contributed by atoms with Crippen molar-refractivity contribution in [2.24, 2.45) is 10.7 Å². The van der Waals surface area contributed by atoms with Gasteiger partial charge in [-0.3, -0.25) is 4.99 Å². The zero-order valence-corrected chi connectivity index (χ0v) is 30.8. The molecule has 2 heterocycles. The van der Waals surface area contributed by atoms with Crippen LogP contribution in [0.5, 0.6) is 0 Å². The van der Waals surface area contributed by atoms with Gasteiger partial charge in [-0.2, -0.15) is 0 Å². The van der Waals surface area contributed by atoms with E-state index in [9.17, 15) is 0 Å². The minimum atomic E-state index is 0.511. The maximum atomic E-state index is 7.02. The molecule has 2 aromatic heterocycles. The fourth-order valence-corrected chi connectivity index (χ4v) is 8.10. The van der Waals surface area contributed by atoms with E-state index in [-0.39, 0.29) is 0 Å². The van der Waals surface area contributed by atoms with Gasteiger partial charge in [0.1, 0.15) is 0 Å². The van der Waals surface area contributed by atoms with Crippen molar-refractivity contribution in [3.05, 3.63) is 223 Å². The van der Waals surface area contributed by atoms with Crippen LogP contribution in [0.15, 0.2) is 211 Å². The minimum Gasteiger partial charge on any atom is -0.398 e. The average molecular weight is 719 g/mol. The number of rotatable bonds is 8. The van der Waals surface area contributed by atoms with Crippen molar-refractivity contribution >= 4 is 55.0 Å². The summed E-state index contributed by atoms with van der Waals surface area (Å²) in [5, 5.41) is 4.86. The Balaban J connectivity index is 1.22. The molecule has 10 aromatic rings. The summed E-state index contributed by atoms with van der Waals surface area (Å²) in [4.78, 5) is 5.33. The molecule has 0 atom stereocenters. The highest BCUT2D eigenvalue weighted by atomic mass is 15.0. The van der Waals surface area contributed by atoms with Crippen LogP contribution in [0.25, 0.3) is 71.8 Å². The molecule has 0 amide bonds. The molecule has 266 valence electrons. The highest BCUT2D eigenvalue weighted by Crippen LogP contribution is 2.36. The Labute approximate surface area is 325 Å². The summed E-state index contributed by atoms with van der Waals surface area (Å²) in [7, 11) is 0. The molecule has 56 heavy (non-hydrogen) atoms. The molecule has 10 rings (SSSR count). The first-order valence-corrected chi connectivity index (χ1v) is 19.0. The summed E-state index contributed by atoms with van der Waals surface area (Å²) in [6, 6.07) is 70.8. The second kappa shape index (κ2) is 14.1. The van der Waals surface area contributed by atoms with Gasteiger partial charge < -0.3 is 14.9 Å². The summed E-state index contributed by atoms with van der Waals surface area (Å²) in [5.41, 5.74) is 20.5. The van der Waals surface area contributed by atoms with Gasteiger partial charge in [0.15, 0.2) is 0 Å². The fourth-order valence-electron chi connectivity index (χ4n) is 8.10. The molecule has 0 radical (unpaired) electrons. The number of nitrogens with zero attached hydrogens (tertiary/aromatic N) is 3. The normalized spacial score (nSPS) is 12.3. The van der Waals surface area contributed by atoms with Gasteiger partial charge in [-0.1, -0.05) is 158 Å². The van der Waals surface area contributed by atoms with Gasteiger partial charge in [-0.05, 0) is 70.8 Å². The molecule has 4 nitrogen and oxygen atoms in total. The van der Waals surface area contributed by atoms with Gasteiger partial charge in [0.25, 0.3) is 0 Å². The zero-order valence-electron chi connectivity index (χ0n) is 30.8. The molecule has 0 aliphatic rings. The molecule has 0 saturated heterocycles. The van der Waals surface area contributed by atoms with Crippen LogP contribution in [0.4, 0.5) is 0 Å². The Morgan fingerprint density at radius 1 is 0.429 bits per heavy atom. The van der Waals surface area contributed by atoms with Gasteiger partial charge in [0.05, 0.1) is 34.3 Å².